The topological polar surface area (TPSA) is 79.6 Å². The van der Waals surface area contributed by atoms with Crippen LogP contribution in [0, 0.1) is 4.91 Å². The number of nitrogens with zero attached hydrogens (tertiary/aromatic N) is 2. The summed E-state index contributed by atoms with van der Waals surface area (Å²) >= 11 is 0. The number of Topliss-reactive ketones (excluding diaryl/α,β-unsaturated/α-hetero) is 1. The van der Waals surface area contributed by atoms with Gasteiger partial charge in [-0.25, -0.2) is 0 Å². The Balaban J connectivity index is 3.18. The molecule has 1 aromatic rings. The van der Waals surface area contributed by atoms with E-state index in [1.807, 2.05) is 0 Å². The molecule has 0 spiro atoms. The van der Waals surface area contributed by atoms with Crippen molar-refractivity contribution in [3.8, 4) is 0 Å². The average Bonchev–Trinajstić information content (AvgIpc) is 2.30. The highest BCUT2D eigenvalue weighted by molar-refractivity contribution is 6.00. The van der Waals surface area contributed by atoms with Crippen LogP contribution >= 0.6 is 0 Å². The summed E-state index contributed by atoms with van der Waals surface area (Å²) in [5.74, 6) is -0.981. The molecular weight excluding hydrogens is 196 g/mol. The van der Waals surface area contributed by atoms with E-state index >= 15 is 0 Å². The van der Waals surface area contributed by atoms with Crippen molar-refractivity contribution in [1.82, 2.24) is 4.98 Å². The molecule has 5 nitrogen and oxygen atoms in total. The average molecular weight is 206 g/mol. The minimum Gasteiger partial charge on any atom is -0.504 e. The van der Waals surface area contributed by atoms with E-state index in [9.17, 15) is 14.8 Å². The van der Waals surface area contributed by atoms with E-state index in [1.165, 1.54) is 12.3 Å². The first kappa shape index (κ1) is 11.0. The summed E-state index contributed by atoms with van der Waals surface area (Å²) < 4.78 is 0. The molecule has 0 fully saturated rings. The maximum atomic E-state index is 11.2. The summed E-state index contributed by atoms with van der Waals surface area (Å²) in [5.41, 5.74) is -0.315. The van der Waals surface area contributed by atoms with Gasteiger partial charge >= 0.3 is 0 Å². The molecular formula is C10H10N2O3. The van der Waals surface area contributed by atoms with Gasteiger partial charge in [0.2, 0.25) is 0 Å². The summed E-state index contributed by atoms with van der Waals surface area (Å²) in [6.45, 7) is 1.58. The first-order valence-corrected chi connectivity index (χ1v) is 4.42. The molecule has 1 aromatic heterocycles. The SMILES string of the molecule is CCC(=O)C(N=O)=C(O)c1ccccn1. The van der Waals surface area contributed by atoms with E-state index < -0.39 is 17.2 Å². The van der Waals surface area contributed by atoms with E-state index in [0.29, 0.717) is 0 Å². The summed E-state index contributed by atoms with van der Waals surface area (Å²) in [7, 11) is 0. The lowest BCUT2D eigenvalue weighted by atomic mass is 10.2. The molecule has 0 saturated carbocycles. The van der Waals surface area contributed by atoms with Crippen molar-refractivity contribution in [2.45, 2.75) is 13.3 Å². The first-order valence-electron chi connectivity index (χ1n) is 4.42. The Morgan fingerprint density at radius 2 is 2.27 bits per heavy atom. The van der Waals surface area contributed by atoms with Crippen molar-refractivity contribution in [2.75, 3.05) is 0 Å². The van der Waals surface area contributed by atoms with Crippen LogP contribution in [-0.4, -0.2) is 15.9 Å². The number of nitroso groups, excluding NO2 is 1. The van der Waals surface area contributed by atoms with E-state index in [2.05, 4.69) is 10.2 Å². The highest BCUT2D eigenvalue weighted by Gasteiger charge is 2.16. The van der Waals surface area contributed by atoms with E-state index in [1.54, 1.807) is 19.1 Å². The number of aromatic nitrogens is 1. The predicted octanol–water partition coefficient (Wildman–Crippen LogP) is 2.05. The number of rotatable bonds is 4. The van der Waals surface area contributed by atoms with E-state index in [-0.39, 0.29) is 12.1 Å². The zero-order valence-corrected chi connectivity index (χ0v) is 8.17. The number of ketones is 1. The molecule has 0 aromatic carbocycles. The van der Waals surface area contributed by atoms with Gasteiger partial charge in [0.15, 0.2) is 17.2 Å². The van der Waals surface area contributed by atoms with Crippen molar-refractivity contribution < 1.29 is 9.90 Å². The van der Waals surface area contributed by atoms with Crippen LogP contribution in [0.25, 0.3) is 5.76 Å². The molecule has 1 heterocycles. The largest absolute Gasteiger partial charge is 0.504 e. The fourth-order valence-electron chi connectivity index (χ4n) is 1.02. The van der Waals surface area contributed by atoms with Crippen molar-refractivity contribution in [3.63, 3.8) is 0 Å². The molecule has 0 aliphatic rings. The number of hydrogen-bond donors (Lipinski definition) is 1. The fraction of sp³-hybridized carbons (Fsp3) is 0.200. The van der Waals surface area contributed by atoms with Crippen LogP contribution in [0.5, 0.6) is 0 Å². The molecule has 78 valence electrons. The normalized spacial score (nSPS) is 11.8. The third kappa shape index (κ3) is 2.46. The highest BCUT2D eigenvalue weighted by atomic mass is 16.3. The Morgan fingerprint density at radius 1 is 1.53 bits per heavy atom. The van der Waals surface area contributed by atoms with Gasteiger partial charge in [-0.3, -0.25) is 9.78 Å². The molecule has 0 aliphatic heterocycles. The van der Waals surface area contributed by atoms with Gasteiger partial charge in [-0.1, -0.05) is 13.0 Å². The van der Waals surface area contributed by atoms with Gasteiger partial charge in [0.25, 0.3) is 0 Å². The van der Waals surface area contributed by atoms with Crippen molar-refractivity contribution in [3.05, 3.63) is 40.7 Å². The maximum Gasteiger partial charge on any atom is 0.194 e. The number of hydrogen-bond acceptors (Lipinski definition) is 5. The molecule has 1 N–H and O–H groups in total. The Hall–Kier alpha value is -2.04. The van der Waals surface area contributed by atoms with Crippen LogP contribution in [0.1, 0.15) is 19.0 Å². The second-order valence-electron chi connectivity index (χ2n) is 2.78. The zero-order valence-electron chi connectivity index (χ0n) is 8.17. The van der Waals surface area contributed by atoms with E-state index in [0.717, 1.165) is 0 Å². The monoisotopic (exact) mass is 206 g/mol. The first-order chi connectivity index (χ1) is 7.20. The lowest BCUT2D eigenvalue weighted by Crippen LogP contribution is -2.02. The zero-order chi connectivity index (χ0) is 11.3. The Labute approximate surface area is 86.4 Å². The molecule has 0 aliphatic carbocycles. The minimum atomic E-state index is -0.506. The molecule has 0 radical (unpaired) electrons. The summed E-state index contributed by atoms with van der Waals surface area (Å²) in [6, 6.07) is 4.79. The van der Waals surface area contributed by atoms with Crippen LogP contribution < -0.4 is 0 Å². The fourth-order valence-corrected chi connectivity index (χ4v) is 1.02. The molecule has 15 heavy (non-hydrogen) atoms. The Bertz CT molecular complexity index is 398. The van der Waals surface area contributed by atoms with Gasteiger partial charge in [-0.05, 0) is 17.3 Å². The van der Waals surface area contributed by atoms with Gasteiger partial charge < -0.3 is 5.11 Å². The third-order valence-corrected chi connectivity index (χ3v) is 1.81. The lowest BCUT2D eigenvalue weighted by Gasteiger charge is -2.00. The van der Waals surface area contributed by atoms with E-state index in [4.69, 9.17) is 0 Å². The Morgan fingerprint density at radius 3 is 2.73 bits per heavy atom. The second kappa shape index (κ2) is 4.99. The smallest absolute Gasteiger partial charge is 0.194 e. The summed E-state index contributed by atoms with van der Waals surface area (Å²) in [4.78, 5) is 25.4. The third-order valence-electron chi connectivity index (χ3n) is 1.81. The number of carbonyl (C=O) groups is 1. The van der Waals surface area contributed by atoms with Crippen molar-refractivity contribution in [2.24, 2.45) is 5.18 Å². The van der Waals surface area contributed by atoms with Crippen LogP contribution in [-0.2, 0) is 4.79 Å². The molecule has 1 rings (SSSR count). The number of aliphatic hydroxyl groups excluding tert-OH is 1. The van der Waals surface area contributed by atoms with Crippen molar-refractivity contribution >= 4 is 11.5 Å². The summed E-state index contributed by atoms with van der Waals surface area (Å²) in [6.07, 6.45) is 1.56. The standard InChI is InChI=1S/C10H10N2O3/c1-2-8(13)9(12-15)10(14)7-5-3-4-6-11-7/h3-6,14H,2H2,1H3. The van der Waals surface area contributed by atoms with Gasteiger partial charge in [0.05, 0.1) is 0 Å². The number of aliphatic hydroxyl groups is 1. The van der Waals surface area contributed by atoms with Crippen LogP contribution in [0.4, 0.5) is 0 Å². The predicted molar refractivity (Wildman–Crippen MR) is 54.9 cm³/mol. The van der Waals surface area contributed by atoms with Gasteiger partial charge in [0, 0.05) is 12.6 Å². The van der Waals surface area contributed by atoms with Crippen LogP contribution in [0.15, 0.2) is 35.3 Å². The van der Waals surface area contributed by atoms with Gasteiger partial charge in [0.1, 0.15) is 5.69 Å². The number of carbonyl (C=O) groups excluding carboxylic acids is 1. The van der Waals surface area contributed by atoms with Crippen molar-refractivity contribution in [1.29, 1.82) is 0 Å². The summed E-state index contributed by atoms with van der Waals surface area (Å²) in [5, 5.41) is 12.1. The molecule has 0 atom stereocenters. The van der Waals surface area contributed by atoms with Gasteiger partial charge in [-0.15, -0.1) is 4.91 Å². The van der Waals surface area contributed by atoms with Crippen LogP contribution in [0.2, 0.25) is 0 Å². The molecule has 5 heteroatoms. The quantitative estimate of drug-likeness (QED) is 0.464. The number of pyridine rings is 1. The highest BCUT2D eigenvalue weighted by Crippen LogP contribution is 2.15. The van der Waals surface area contributed by atoms with Gasteiger partial charge in [-0.2, -0.15) is 0 Å². The molecule has 0 unspecified atom stereocenters. The second-order valence-corrected chi connectivity index (χ2v) is 2.78. The molecule has 0 saturated heterocycles. The Kier molecular flexibility index (Phi) is 3.68. The minimum absolute atomic E-state index is 0.109. The lowest BCUT2D eigenvalue weighted by molar-refractivity contribution is -0.115. The maximum absolute atomic E-state index is 11.2. The molecule has 0 amide bonds. The number of allylic oxidation sites excluding steroid dienone is 1. The van der Waals surface area contributed by atoms with Crippen LogP contribution in [0.3, 0.4) is 0 Å². The molecule has 0 bridgehead atoms.